The van der Waals surface area contributed by atoms with Crippen LogP contribution in [0.15, 0.2) is 30.3 Å². The second kappa shape index (κ2) is 8.54. The summed E-state index contributed by atoms with van der Waals surface area (Å²) in [5, 5.41) is 32.7. The molecule has 0 atom stereocenters. The number of carbonyl (C=O) groups is 1. The van der Waals surface area contributed by atoms with Crippen LogP contribution in [0.3, 0.4) is 0 Å². The van der Waals surface area contributed by atoms with Crippen LogP contribution in [0.5, 0.6) is 0 Å². The van der Waals surface area contributed by atoms with Crippen molar-refractivity contribution in [2.24, 2.45) is 5.92 Å². The predicted molar refractivity (Wildman–Crippen MR) is 106 cm³/mol. The van der Waals surface area contributed by atoms with Gasteiger partial charge in [0.1, 0.15) is 5.82 Å². The Balaban J connectivity index is 1.90. The van der Waals surface area contributed by atoms with Crippen LogP contribution in [0.1, 0.15) is 34.3 Å². The Morgan fingerprint density at radius 3 is 2.27 bits per heavy atom. The molecule has 1 aliphatic rings. The number of halogens is 1. The number of nitro benzene ring substituents is 2. The molecule has 158 valence electrons. The Hall–Kier alpha value is -3.40. The highest BCUT2D eigenvalue weighted by molar-refractivity contribution is 5.98. The SMILES string of the molecule is Cc1c(CO)cc([N+](=O)[O-])c(N2CCC(C(=O)c3ccc(F)cc3)CC2)c1[N+](=O)[O-]. The molecule has 0 bridgehead atoms. The van der Waals surface area contributed by atoms with Crippen molar-refractivity contribution < 1.29 is 24.1 Å². The third kappa shape index (κ3) is 3.99. The summed E-state index contributed by atoms with van der Waals surface area (Å²) in [6, 6.07) is 6.40. The maximum atomic E-state index is 13.1. The van der Waals surface area contributed by atoms with E-state index in [1.807, 2.05) is 0 Å². The van der Waals surface area contributed by atoms with E-state index < -0.39 is 33.6 Å². The molecule has 10 heteroatoms. The van der Waals surface area contributed by atoms with Gasteiger partial charge in [-0.25, -0.2) is 4.39 Å². The Labute approximate surface area is 171 Å². The van der Waals surface area contributed by atoms with Crippen LogP contribution in [0.25, 0.3) is 0 Å². The molecule has 0 unspecified atom stereocenters. The molecule has 3 rings (SSSR count). The predicted octanol–water partition coefficient (Wildman–Crippen LogP) is 3.54. The lowest BCUT2D eigenvalue weighted by Crippen LogP contribution is -2.37. The summed E-state index contributed by atoms with van der Waals surface area (Å²) in [5.41, 5.74) is -0.273. The summed E-state index contributed by atoms with van der Waals surface area (Å²) in [6.07, 6.45) is 0.705. The monoisotopic (exact) mass is 417 g/mol. The van der Waals surface area contributed by atoms with Gasteiger partial charge in [-0.2, -0.15) is 0 Å². The van der Waals surface area contributed by atoms with Crippen LogP contribution < -0.4 is 4.90 Å². The van der Waals surface area contributed by atoms with Crippen molar-refractivity contribution in [3.63, 3.8) is 0 Å². The first-order valence-electron chi connectivity index (χ1n) is 9.35. The van der Waals surface area contributed by atoms with Gasteiger partial charge in [0.15, 0.2) is 11.5 Å². The number of nitrogens with zero attached hydrogens (tertiary/aromatic N) is 3. The summed E-state index contributed by atoms with van der Waals surface area (Å²) >= 11 is 0. The zero-order chi connectivity index (χ0) is 22.0. The fourth-order valence-corrected chi connectivity index (χ4v) is 3.85. The number of hydrogen-bond acceptors (Lipinski definition) is 7. The molecule has 1 saturated heterocycles. The van der Waals surface area contributed by atoms with E-state index in [9.17, 15) is 34.5 Å². The normalized spacial score (nSPS) is 14.6. The molecule has 9 nitrogen and oxygen atoms in total. The number of aliphatic hydroxyl groups is 1. The van der Waals surface area contributed by atoms with Crippen LogP contribution in [0, 0.1) is 38.9 Å². The number of ketones is 1. The minimum absolute atomic E-state index is 0.104. The van der Waals surface area contributed by atoms with Crippen molar-refractivity contribution in [3.8, 4) is 0 Å². The van der Waals surface area contributed by atoms with Crippen LogP contribution in [-0.4, -0.2) is 33.8 Å². The van der Waals surface area contributed by atoms with Gasteiger partial charge in [-0.05, 0) is 49.6 Å². The van der Waals surface area contributed by atoms with Crippen LogP contribution in [0.2, 0.25) is 0 Å². The molecule has 1 aliphatic heterocycles. The van der Waals surface area contributed by atoms with Crippen molar-refractivity contribution >= 4 is 22.8 Å². The second-order valence-electron chi connectivity index (χ2n) is 7.18. The Morgan fingerprint density at radius 2 is 1.77 bits per heavy atom. The summed E-state index contributed by atoms with van der Waals surface area (Å²) in [4.78, 5) is 36.1. The van der Waals surface area contributed by atoms with E-state index in [0.29, 0.717) is 18.4 Å². The van der Waals surface area contributed by atoms with Gasteiger partial charge in [-0.3, -0.25) is 25.0 Å². The number of nitro groups is 2. The van der Waals surface area contributed by atoms with Crippen molar-refractivity contribution in [2.45, 2.75) is 26.4 Å². The summed E-state index contributed by atoms with van der Waals surface area (Å²) < 4.78 is 13.1. The van der Waals surface area contributed by atoms with Gasteiger partial charge in [0.05, 0.1) is 16.5 Å². The van der Waals surface area contributed by atoms with Gasteiger partial charge in [-0.15, -0.1) is 0 Å². The molecule has 0 aliphatic carbocycles. The number of benzene rings is 2. The lowest BCUT2D eigenvalue weighted by atomic mass is 9.88. The van der Waals surface area contributed by atoms with Gasteiger partial charge >= 0.3 is 5.69 Å². The zero-order valence-electron chi connectivity index (χ0n) is 16.2. The fraction of sp³-hybridized carbons (Fsp3) is 0.350. The number of Topliss-reactive ketones (excluding diaryl/α,β-unsaturated/α-hetero) is 1. The zero-order valence-corrected chi connectivity index (χ0v) is 16.2. The van der Waals surface area contributed by atoms with Crippen LogP contribution in [0.4, 0.5) is 21.5 Å². The number of aliphatic hydroxyl groups excluding tert-OH is 1. The smallest absolute Gasteiger partial charge is 0.302 e. The minimum atomic E-state index is -0.698. The highest BCUT2D eigenvalue weighted by Gasteiger charge is 2.36. The number of piperidine rings is 1. The van der Waals surface area contributed by atoms with E-state index >= 15 is 0 Å². The third-order valence-corrected chi connectivity index (χ3v) is 5.48. The molecular weight excluding hydrogens is 397 g/mol. The first kappa shape index (κ1) is 21.3. The average Bonchev–Trinajstić information content (AvgIpc) is 2.73. The van der Waals surface area contributed by atoms with Crippen LogP contribution in [-0.2, 0) is 6.61 Å². The maximum Gasteiger partial charge on any atom is 0.302 e. The molecule has 2 aromatic rings. The van der Waals surface area contributed by atoms with E-state index in [0.717, 1.165) is 6.07 Å². The Kier molecular flexibility index (Phi) is 6.06. The molecule has 0 spiro atoms. The van der Waals surface area contributed by atoms with E-state index in [1.165, 1.54) is 31.2 Å². The number of hydrogen-bond donors (Lipinski definition) is 1. The number of carbonyl (C=O) groups excluding carboxylic acids is 1. The van der Waals surface area contributed by atoms with Gasteiger partial charge in [-0.1, -0.05) is 0 Å². The highest BCUT2D eigenvalue weighted by atomic mass is 19.1. The molecule has 0 amide bonds. The number of anilines is 1. The standard InChI is InChI=1S/C20H20FN3O6/c1-12-15(11-25)10-17(23(27)28)19(18(12)24(29)30)22-8-6-14(7-9-22)20(26)13-2-4-16(21)5-3-13/h2-5,10,14,25H,6-9,11H2,1H3. The van der Waals surface area contributed by atoms with Crippen molar-refractivity contribution in [1.29, 1.82) is 0 Å². The van der Waals surface area contributed by atoms with Gasteiger partial charge in [0, 0.05) is 36.2 Å². The van der Waals surface area contributed by atoms with Crippen molar-refractivity contribution in [1.82, 2.24) is 0 Å². The number of rotatable bonds is 6. The molecule has 30 heavy (non-hydrogen) atoms. The summed E-state index contributed by atoms with van der Waals surface area (Å²) in [6.45, 7) is 1.33. The van der Waals surface area contributed by atoms with Crippen molar-refractivity contribution in [2.75, 3.05) is 18.0 Å². The molecule has 0 aromatic heterocycles. The maximum absolute atomic E-state index is 13.1. The molecule has 0 radical (unpaired) electrons. The lowest BCUT2D eigenvalue weighted by molar-refractivity contribution is -0.393. The van der Waals surface area contributed by atoms with E-state index in [-0.39, 0.29) is 41.6 Å². The largest absolute Gasteiger partial charge is 0.392 e. The fourth-order valence-electron chi connectivity index (χ4n) is 3.85. The molecular formula is C20H20FN3O6. The van der Waals surface area contributed by atoms with E-state index in [2.05, 4.69) is 0 Å². The highest BCUT2D eigenvalue weighted by Crippen LogP contribution is 2.43. The first-order valence-corrected chi connectivity index (χ1v) is 9.35. The summed E-state index contributed by atoms with van der Waals surface area (Å²) in [5.74, 6) is -0.948. The van der Waals surface area contributed by atoms with E-state index in [4.69, 9.17) is 0 Å². The molecule has 2 aromatic carbocycles. The third-order valence-electron chi connectivity index (χ3n) is 5.48. The average molecular weight is 417 g/mol. The van der Waals surface area contributed by atoms with Gasteiger partial charge in [0.25, 0.3) is 5.69 Å². The quantitative estimate of drug-likeness (QED) is 0.433. The van der Waals surface area contributed by atoms with E-state index in [1.54, 1.807) is 4.90 Å². The Morgan fingerprint density at radius 1 is 1.17 bits per heavy atom. The van der Waals surface area contributed by atoms with Gasteiger partial charge < -0.3 is 10.0 Å². The molecule has 1 N–H and O–H groups in total. The second-order valence-corrected chi connectivity index (χ2v) is 7.18. The summed E-state index contributed by atoms with van der Waals surface area (Å²) in [7, 11) is 0. The van der Waals surface area contributed by atoms with Crippen LogP contribution >= 0.6 is 0 Å². The molecule has 0 saturated carbocycles. The first-order chi connectivity index (χ1) is 14.2. The minimum Gasteiger partial charge on any atom is -0.392 e. The topological polar surface area (TPSA) is 127 Å². The van der Waals surface area contributed by atoms with Gasteiger partial charge in [0.2, 0.25) is 0 Å². The van der Waals surface area contributed by atoms with Crippen molar-refractivity contribution in [3.05, 3.63) is 73.1 Å². The lowest BCUT2D eigenvalue weighted by Gasteiger charge is -2.32. The Bertz CT molecular complexity index is 1000. The molecule has 1 heterocycles. The molecule has 1 fully saturated rings.